The highest BCUT2D eigenvalue weighted by atomic mass is 16.5. The molecule has 1 fully saturated rings. The molecule has 88 valence electrons. The van der Waals surface area contributed by atoms with E-state index >= 15 is 0 Å². The molecule has 0 aliphatic carbocycles. The number of carbonyl (C=O) groups excluding carboxylic acids is 1. The molecule has 1 saturated heterocycles. The Kier molecular flexibility index (Phi) is 5.05. The summed E-state index contributed by atoms with van der Waals surface area (Å²) in [6.07, 6.45) is 2.15. The smallest absolute Gasteiger partial charge is 0.309 e. The maximum Gasteiger partial charge on any atom is 0.309 e. The van der Waals surface area contributed by atoms with Crippen molar-refractivity contribution in [3.63, 3.8) is 0 Å². The Bertz CT molecular complexity index is 208. The van der Waals surface area contributed by atoms with E-state index in [2.05, 4.69) is 4.90 Å². The van der Waals surface area contributed by atoms with Gasteiger partial charge in [0.05, 0.1) is 19.1 Å². The van der Waals surface area contributed by atoms with Gasteiger partial charge in [0.1, 0.15) is 0 Å². The number of nitrogens with zero attached hydrogens (tertiary/aromatic N) is 1. The Morgan fingerprint density at radius 1 is 1.67 bits per heavy atom. The van der Waals surface area contributed by atoms with Gasteiger partial charge in [-0.25, -0.2) is 0 Å². The highest BCUT2D eigenvalue weighted by molar-refractivity contribution is 5.72. The number of hydrogen-bond acceptors (Lipinski definition) is 4. The number of likely N-dealkylation sites (tertiary alicyclic amines) is 1. The first-order valence-electron chi connectivity index (χ1n) is 5.70. The average Bonchev–Trinajstić information content (AvgIpc) is 2.65. The number of hydrogen-bond donors (Lipinski definition) is 1. The van der Waals surface area contributed by atoms with Crippen molar-refractivity contribution in [2.75, 3.05) is 26.3 Å². The summed E-state index contributed by atoms with van der Waals surface area (Å²) in [4.78, 5) is 13.6. The molecule has 15 heavy (non-hydrogen) atoms. The number of rotatable bonds is 5. The monoisotopic (exact) mass is 215 g/mol. The van der Waals surface area contributed by atoms with E-state index in [0.29, 0.717) is 13.2 Å². The normalized spacial score (nSPS) is 24.1. The number of esters is 1. The Balaban J connectivity index is 2.36. The number of carbonyl (C=O) groups is 1. The van der Waals surface area contributed by atoms with Crippen molar-refractivity contribution >= 4 is 5.97 Å². The average molecular weight is 215 g/mol. The predicted molar refractivity (Wildman–Crippen MR) is 57.5 cm³/mol. The molecule has 0 aromatic carbocycles. The van der Waals surface area contributed by atoms with Gasteiger partial charge in [-0.05, 0) is 26.3 Å². The minimum absolute atomic E-state index is 0.0999. The zero-order valence-electron chi connectivity index (χ0n) is 9.61. The first-order valence-corrected chi connectivity index (χ1v) is 5.70. The lowest BCUT2D eigenvalue weighted by Gasteiger charge is -2.25. The molecule has 4 nitrogen and oxygen atoms in total. The van der Waals surface area contributed by atoms with Crippen molar-refractivity contribution in [3.8, 4) is 0 Å². The molecule has 1 rings (SSSR count). The van der Waals surface area contributed by atoms with E-state index in [1.807, 2.05) is 13.8 Å². The van der Waals surface area contributed by atoms with Crippen LogP contribution in [0, 0.1) is 5.92 Å². The van der Waals surface area contributed by atoms with Crippen LogP contribution in [0.2, 0.25) is 0 Å². The standard InChI is InChI=1S/C11H21NO3/c1-3-15-11(14)9(2)7-12-6-4-5-10(12)8-13/h9-10,13H,3-8H2,1-2H3/t9?,10-/m1/s1. The van der Waals surface area contributed by atoms with Crippen LogP contribution >= 0.6 is 0 Å². The summed E-state index contributed by atoms with van der Waals surface area (Å²) in [7, 11) is 0. The second kappa shape index (κ2) is 6.08. The molecule has 2 atom stereocenters. The predicted octanol–water partition coefficient (Wildman–Crippen LogP) is 0.642. The minimum Gasteiger partial charge on any atom is -0.466 e. The topological polar surface area (TPSA) is 49.8 Å². The van der Waals surface area contributed by atoms with Gasteiger partial charge in [0.15, 0.2) is 0 Å². The van der Waals surface area contributed by atoms with E-state index in [-0.39, 0.29) is 24.5 Å². The van der Waals surface area contributed by atoms with Gasteiger partial charge >= 0.3 is 5.97 Å². The van der Waals surface area contributed by atoms with Crippen LogP contribution in [-0.2, 0) is 9.53 Å². The molecular weight excluding hydrogens is 194 g/mol. The third-order valence-electron chi connectivity index (χ3n) is 2.91. The van der Waals surface area contributed by atoms with Gasteiger partial charge in [-0.2, -0.15) is 0 Å². The number of aliphatic hydroxyl groups is 1. The third-order valence-corrected chi connectivity index (χ3v) is 2.91. The van der Waals surface area contributed by atoms with Crippen LogP contribution in [0.15, 0.2) is 0 Å². The molecule has 1 unspecified atom stereocenters. The molecule has 0 radical (unpaired) electrons. The second-order valence-electron chi connectivity index (χ2n) is 4.13. The van der Waals surface area contributed by atoms with Crippen LogP contribution in [0.25, 0.3) is 0 Å². The summed E-state index contributed by atoms with van der Waals surface area (Å²) in [5.74, 6) is -0.238. The summed E-state index contributed by atoms with van der Waals surface area (Å²) in [6, 6.07) is 0.238. The van der Waals surface area contributed by atoms with E-state index in [9.17, 15) is 4.79 Å². The molecule has 0 aromatic rings. The molecule has 1 heterocycles. The first-order chi connectivity index (χ1) is 7.19. The molecule has 1 N–H and O–H groups in total. The summed E-state index contributed by atoms with van der Waals surface area (Å²) in [5, 5.41) is 9.13. The van der Waals surface area contributed by atoms with Crippen molar-refractivity contribution in [2.45, 2.75) is 32.7 Å². The third kappa shape index (κ3) is 3.47. The lowest BCUT2D eigenvalue weighted by atomic mass is 10.1. The quantitative estimate of drug-likeness (QED) is 0.684. The number of ether oxygens (including phenoxy) is 1. The number of aliphatic hydroxyl groups excluding tert-OH is 1. The SMILES string of the molecule is CCOC(=O)C(C)CN1CCC[C@@H]1CO. The highest BCUT2D eigenvalue weighted by Gasteiger charge is 2.27. The van der Waals surface area contributed by atoms with Gasteiger partial charge in [-0.1, -0.05) is 6.92 Å². The molecule has 0 bridgehead atoms. The van der Waals surface area contributed by atoms with Crippen LogP contribution in [0.1, 0.15) is 26.7 Å². The maximum absolute atomic E-state index is 11.4. The summed E-state index contributed by atoms with van der Waals surface area (Å²) in [5.41, 5.74) is 0. The van der Waals surface area contributed by atoms with Crippen LogP contribution in [-0.4, -0.2) is 48.3 Å². The van der Waals surface area contributed by atoms with Crippen LogP contribution < -0.4 is 0 Å². The molecular formula is C11H21NO3. The second-order valence-corrected chi connectivity index (χ2v) is 4.13. The lowest BCUT2D eigenvalue weighted by molar-refractivity contribution is -0.148. The maximum atomic E-state index is 11.4. The Morgan fingerprint density at radius 2 is 2.40 bits per heavy atom. The summed E-state index contributed by atoms with van der Waals surface area (Å²) >= 11 is 0. The first kappa shape index (κ1) is 12.5. The van der Waals surface area contributed by atoms with Gasteiger partial charge in [0.25, 0.3) is 0 Å². The van der Waals surface area contributed by atoms with Crippen molar-refractivity contribution in [3.05, 3.63) is 0 Å². The summed E-state index contributed by atoms with van der Waals surface area (Å²) < 4.78 is 4.95. The van der Waals surface area contributed by atoms with Crippen molar-refractivity contribution < 1.29 is 14.6 Å². The van der Waals surface area contributed by atoms with E-state index < -0.39 is 0 Å². The molecule has 0 aromatic heterocycles. The van der Waals surface area contributed by atoms with Gasteiger partial charge in [-0.15, -0.1) is 0 Å². The largest absolute Gasteiger partial charge is 0.466 e. The van der Waals surface area contributed by atoms with Crippen molar-refractivity contribution in [2.24, 2.45) is 5.92 Å². The zero-order valence-corrected chi connectivity index (χ0v) is 9.61. The van der Waals surface area contributed by atoms with E-state index in [1.54, 1.807) is 0 Å². The molecule has 1 aliphatic heterocycles. The fraction of sp³-hybridized carbons (Fsp3) is 0.909. The van der Waals surface area contributed by atoms with Crippen LogP contribution in [0.3, 0.4) is 0 Å². The Hall–Kier alpha value is -0.610. The molecule has 0 saturated carbocycles. The van der Waals surface area contributed by atoms with Gasteiger partial charge < -0.3 is 9.84 Å². The molecule has 4 heteroatoms. The van der Waals surface area contributed by atoms with Gasteiger partial charge in [0, 0.05) is 12.6 Å². The Labute approximate surface area is 91.2 Å². The molecule has 1 aliphatic rings. The fourth-order valence-corrected chi connectivity index (χ4v) is 2.05. The van der Waals surface area contributed by atoms with Crippen LogP contribution in [0.5, 0.6) is 0 Å². The van der Waals surface area contributed by atoms with Gasteiger partial charge in [0.2, 0.25) is 0 Å². The van der Waals surface area contributed by atoms with Crippen molar-refractivity contribution in [1.29, 1.82) is 0 Å². The van der Waals surface area contributed by atoms with E-state index in [4.69, 9.17) is 9.84 Å². The summed E-state index contributed by atoms with van der Waals surface area (Å²) in [6.45, 7) is 6.00. The van der Waals surface area contributed by atoms with E-state index in [1.165, 1.54) is 0 Å². The fourth-order valence-electron chi connectivity index (χ4n) is 2.05. The molecule has 0 amide bonds. The van der Waals surface area contributed by atoms with Crippen molar-refractivity contribution in [1.82, 2.24) is 4.90 Å². The Morgan fingerprint density at radius 3 is 3.00 bits per heavy atom. The molecule has 0 spiro atoms. The van der Waals surface area contributed by atoms with E-state index in [0.717, 1.165) is 19.4 Å². The highest BCUT2D eigenvalue weighted by Crippen LogP contribution is 2.18. The van der Waals surface area contributed by atoms with Crippen LogP contribution in [0.4, 0.5) is 0 Å². The minimum atomic E-state index is -0.138. The van der Waals surface area contributed by atoms with Gasteiger partial charge in [-0.3, -0.25) is 9.69 Å². The lowest BCUT2D eigenvalue weighted by Crippen LogP contribution is -2.38. The zero-order chi connectivity index (χ0) is 11.3.